The fourth-order valence-electron chi connectivity index (χ4n) is 3.03. The van der Waals surface area contributed by atoms with Crippen LogP contribution in [0.5, 0.6) is 0 Å². The first kappa shape index (κ1) is 20.6. The number of methoxy groups -OCH3 is 1. The van der Waals surface area contributed by atoms with E-state index in [4.69, 9.17) is 5.11 Å². The lowest BCUT2D eigenvalue weighted by Crippen LogP contribution is -2.39. The summed E-state index contributed by atoms with van der Waals surface area (Å²) in [7, 11) is 1.28. The van der Waals surface area contributed by atoms with Gasteiger partial charge in [0.05, 0.1) is 30.8 Å². The summed E-state index contributed by atoms with van der Waals surface area (Å²) in [6.07, 6.45) is 0.403. The number of amides is 3. The van der Waals surface area contributed by atoms with Crippen LogP contribution in [0.4, 0.5) is 0 Å². The topological polar surface area (TPSA) is 104 Å². The normalized spacial score (nSPS) is 14.1. The second-order valence-corrected chi connectivity index (χ2v) is 6.40. The number of benzene rings is 1. The molecule has 0 saturated heterocycles. The number of fused-ring (bicyclic) bond motifs is 1. The van der Waals surface area contributed by atoms with Gasteiger partial charge >= 0.3 is 5.97 Å². The van der Waals surface area contributed by atoms with Gasteiger partial charge in [0.15, 0.2) is 0 Å². The number of hydrogen-bond acceptors (Lipinski definition) is 6. The molecule has 1 aromatic rings. The maximum Gasteiger partial charge on any atom is 0.310 e. The minimum absolute atomic E-state index is 0.0985. The van der Waals surface area contributed by atoms with Crippen LogP contribution in [0.2, 0.25) is 0 Å². The van der Waals surface area contributed by atoms with Gasteiger partial charge in [0.25, 0.3) is 11.8 Å². The molecular formula is C19H24N2O6. The van der Waals surface area contributed by atoms with Crippen LogP contribution in [0.3, 0.4) is 0 Å². The summed E-state index contributed by atoms with van der Waals surface area (Å²) in [5.74, 6) is -1.90. The van der Waals surface area contributed by atoms with E-state index in [9.17, 15) is 19.2 Å². The highest BCUT2D eigenvalue weighted by Gasteiger charge is 2.34. The molecule has 1 N–H and O–H groups in total. The molecule has 1 heterocycles. The van der Waals surface area contributed by atoms with Gasteiger partial charge in [-0.2, -0.15) is 0 Å². The second kappa shape index (κ2) is 9.27. The standard InChI is InChI=1S/C19H24N2O6/c1-13(19(26)27-2)12-20(10-11-22)16(23)8-5-9-21-17(24)14-6-3-4-7-15(14)18(21)25/h3-4,6-7,13,22H,5,8-12H2,1-2H3. The van der Waals surface area contributed by atoms with Crippen molar-refractivity contribution in [2.45, 2.75) is 19.8 Å². The van der Waals surface area contributed by atoms with Crippen molar-refractivity contribution in [1.82, 2.24) is 9.80 Å². The molecule has 2 rings (SSSR count). The van der Waals surface area contributed by atoms with E-state index in [1.807, 2.05) is 0 Å². The molecule has 1 aromatic carbocycles. The van der Waals surface area contributed by atoms with Crippen molar-refractivity contribution in [2.75, 3.05) is 33.4 Å². The van der Waals surface area contributed by atoms with E-state index in [-0.39, 0.29) is 50.4 Å². The zero-order valence-corrected chi connectivity index (χ0v) is 15.5. The van der Waals surface area contributed by atoms with E-state index < -0.39 is 11.9 Å². The van der Waals surface area contributed by atoms with Crippen molar-refractivity contribution in [3.63, 3.8) is 0 Å². The lowest BCUT2D eigenvalue weighted by molar-refractivity contribution is -0.146. The lowest BCUT2D eigenvalue weighted by atomic mass is 10.1. The molecule has 8 heteroatoms. The van der Waals surface area contributed by atoms with Gasteiger partial charge < -0.3 is 14.7 Å². The zero-order chi connectivity index (χ0) is 20.0. The quantitative estimate of drug-likeness (QED) is 0.502. The lowest BCUT2D eigenvalue weighted by Gasteiger charge is -2.24. The first-order valence-corrected chi connectivity index (χ1v) is 8.82. The summed E-state index contributed by atoms with van der Waals surface area (Å²) in [5, 5.41) is 9.15. The third kappa shape index (κ3) is 4.71. The first-order chi connectivity index (χ1) is 12.9. The van der Waals surface area contributed by atoms with Crippen molar-refractivity contribution < 1.29 is 29.0 Å². The number of aliphatic hydroxyl groups excluding tert-OH is 1. The van der Waals surface area contributed by atoms with Crippen LogP contribution in [0.15, 0.2) is 24.3 Å². The van der Waals surface area contributed by atoms with E-state index in [1.165, 1.54) is 12.0 Å². The largest absolute Gasteiger partial charge is 0.469 e. The molecule has 8 nitrogen and oxygen atoms in total. The van der Waals surface area contributed by atoms with Crippen molar-refractivity contribution in [3.05, 3.63) is 35.4 Å². The van der Waals surface area contributed by atoms with E-state index >= 15 is 0 Å². The highest BCUT2D eigenvalue weighted by Crippen LogP contribution is 2.22. The van der Waals surface area contributed by atoms with Gasteiger partial charge in [-0.05, 0) is 18.6 Å². The van der Waals surface area contributed by atoms with E-state index in [1.54, 1.807) is 31.2 Å². The summed E-state index contributed by atoms with van der Waals surface area (Å²) in [4.78, 5) is 51.1. The van der Waals surface area contributed by atoms with E-state index in [2.05, 4.69) is 4.74 Å². The molecule has 3 amide bonds. The fraction of sp³-hybridized carbons (Fsp3) is 0.474. The molecular weight excluding hydrogens is 352 g/mol. The number of esters is 1. The second-order valence-electron chi connectivity index (χ2n) is 6.40. The summed E-state index contributed by atoms with van der Waals surface area (Å²) in [6, 6.07) is 6.62. The highest BCUT2D eigenvalue weighted by molar-refractivity contribution is 6.21. The van der Waals surface area contributed by atoms with Gasteiger partial charge in [-0.15, -0.1) is 0 Å². The van der Waals surface area contributed by atoms with Gasteiger partial charge in [0, 0.05) is 26.1 Å². The first-order valence-electron chi connectivity index (χ1n) is 8.82. The van der Waals surface area contributed by atoms with Crippen molar-refractivity contribution in [3.8, 4) is 0 Å². The molecule has 0 radical (unpaired) electrons. The Labute approximate surface area is 157 Å². The Morgan fingerprint density at radius 3 is 2.30 bits per heavy atom. The molecule has 1 aliphatic heterocycles. The maximum atomic E-state index is 12.4. The third-order valence-corrected chi connectivity index (χ3v) is 4.47. The monoisotopic (exact) mass is 376 g/mol. The number of aliphatic hydroxyl groups is 1. The number of hydrogen-bond donors (Lipinski definition) is 1. The molecule has 0 fully saturated rings. The van der Waals surface area contributed by atoms with E-state index in [0.717, 1.165) is 4.90 Å². The van der Waals surface area contributed by atoms with E-state index in [0.29, 0.717) is 17.5 Å². The third-order valence-electron chi connectivity index (χ3n) is 4.47. The number of ether oxygens (including phenoxy) is 1. The zero-order valence-electron chi connectivity index (χ0n) is 15.5. The van der Waals surface area contributed by atoms with Crippen LogP contribution in [-0.2, 0) is 14.3 Å². The molecule has 1 aliphatic rings. The van der Waals surface area contributed by atoms with Gasteiger partial charge in [-0.1, -0.05) is 19.1 Å². The minimum Gasteiger partial charge on any atom is -0.469 e. The molecule has 0 aromatic heterocycles. The van der Waals surface area contributed by atoms with Crippen LogP contribution in [0.1, 0.15) is 40.5 Å². The number of nitrogens with zero attached hydrogens (tertiary/aromatic N) is 2. The summed E-state index contributed by atoms with van der Waals surface area (Å²) in [6.45, 7) is 1.80. The summed E-state index contributed by atoms with van der Waals surface area (Å²) >= 11 is 0. The molecule has 0 saturated carbocycles. The Kier molecular flexibility index (Phi) is 7.06. The maximum absolute atomic E-state index is 12.4. The summed E-state index contributed by atoms with van der Waals surface area (Å²) in [5.41, 5.74) is 0.755. The predicted molar refractivity (Wildman–Crippen MR) is 95.9 cm³/mol. The van der Waals surface area contributed by atoms with Crippen molar-refractivity contribution in [1.29, 1.82) is 0 Å². The fourth-order valence-corrected chi connectivity index (χ4v) is 3.03. The molecule has 0 spiro atoms. The average Bonchev–Trinajstić information content (AvgIpc) is 2.91. The Morgan fingerprint density at radius 1 is 1.19 bits per heavy atom. The SMILES string of the molecule is COC(=O)C(C)CN(CCO)C(=O)CCCN1C(=O)c2ccccc2C1=O. The van der Waals surface area contributed by atoms with Gasteiger partial charge in [0.1, 0.15) is 0 Å². The molecule has 27 heavy (non-hydrogen) atoms. The molecule has 0 aliphatic carbocycles. The van der Waals surface area contributed by atoms with Crippen LogP contribution < -0.4 is 0 Å². The van der Waals surface area contributed by atoms with Crippen LogP contribution >= 0.6 is 0 Å². The smallest absolute Gasteiger partial charge is 0.310 e. The number of carbonyl (C=O) groups excluding carboxylic acids is 4. The van der Waals surface area contributed by atoms with Crippen molar-refractivity contribution >= 4 is 23.7 Å². The Hall–Kier alpha value is -2.74. The number of rotatable bonds is 9. The van der Waals surface area contributed by atoms with Crippen LogP contribution in [0.25, 0.3) is 0 Å². The number of imide groups is 1. The van der Waals surface area contributed by atoms with Gasteiger partial charge in [-0.25, -0.2) is 0 Å². The number of carbonyl (C=O) groups is 4. The Bertz CT molecular complexity index is 698. The summed E-state index contributed by atoms with van der Waals surface area (Å²) < 4.78 is 4.65. The Morgan fingerprint density at radius 2 is 1.78 bits per heavy atom. The van der Waals surface area contributed by atoms with Crippen molar-refractivity contribution in [2.24, 2.45) is 5.92 Å². The average molecular weight is 376 g/mol. The molecule has 1 atom stereocenters. The molecule has 0 bridgehead atoms. The molecule has 146 valence electrons. The van der Waals surface area contributed by atoms with Gasteiger partial charge in [-0.3, -0.25) is 24.1 Å². The predicted octanol–water partition coefficient (Wildman–Crippen LogP) is 0.693. The van der Waals surface area contributed by atoms with Crippen LogP contribution in [0, 0.1) is 5.92 Å². The minimum atomic E-state index is -0.512. The Balaban J connectivity index is 1.90. The van der Waals surface area contributed by atoms with Crippen LogP contribution in [-0.4, -0.2) is 71.9 Å². The molecule has 1 unspecified atom stereocenters. The van der Waals surface area contributed by atoms with Gasteiger partial charge in [0.2, 0.25) is 5.91 Å². The highest BCUT2D eigenvalue weighted by atomic mass is 16.5.